The van der Waals surface area contributed by atoms with Crippen LogP contribution in [0.4, 0.5) is 0 Å². The third-order valence-electron chi connectivity index (χ3n) is 2.91. The molecule has 17 heavy (non-hydrogen) atoms. The summed E-state index contributed by atoms with van der Waals surface area (Å²) in [6.45, 7) is 2.15. The van der Waals surface area contributed by atoms with Crippen LogP contribution in [0.15, 0.2) is 23.2 Å². The van der Waals surface area contributed by atoms with Crippen molar-refractivity contribution >= 4 is 43.5 Å². The van der Waals surface area contributed by atoms with Gasteiger partial charge in [0.2, 0.25) is 0 Å². The molecule has 1 aliphatic rings. The first-order valence-corrected chi connectivity index (χ1v) is 8.29. The summed E-state index contributed by atoms with van der Waals surface area (Å²) in [6, 6.07) is 0. The molecule has 0 radical (unpaired) electrons. The van der Waals surface area contributed by atoms with Crippen LogP contribution in [-0.2, 0) is 4.74 Å². The van der Waals surface area contributed by atoms with Crippen molar-refractivity contribution < 1.29 is 4.74 Å². The van der Waals surface area contributed by atoms with Crippen LogP contribution in [0.25, 0.3) is 0 Å². The van der Waals surface area contributed by atoms with Gasteiger partial charge >= 0.3 is 0 Å². The molecule has 0 saturated carbocycles. The standard InChI is InChI=1S/C13H19Br2ClO/c1-2-12-10(15)6-3-4-7-11(16)13(17-12)8-5-9-14/h3-5,9-13H,2,6-8H2,1H3/b4-3-,9-5-/t10-,11+,12-,13+/m1/s1. The van der Waals surface area contributed by atoms with Crippen molar-refractivity contribution in [2.24, 2.45) is 0 Å². The predicted octanol–water partition coefficient (Wildman–Crippen LogP) is 5.17. The van der Waals surface area contributed by atoms with Crippen molar-refractivity contribution in [3.05, 3.63) is 23.2 Å². The van der Waals surface area contributed by atoms with Crippen LogP contribution in [0.2, 0.25) is 0 Å². The summed E-state index contributed by atoms with van der Waals surface area (Å²) >= 11 is 13.4. The molecular formula is C13H19Br2ClO. The smallest absolute Gasteiger partial charge is 0.0780 e. The Morgan fingerprint density at radius 3 is 2.71 bits per heavy atom. The maximum Gasteiger partial charge on any atom is 0.0780 e. The maximum atomic E-state index is 6.40. The van der Waals surface area contributed by atoms with Crippen molar-refractivity contribution in [3.63, 3.8) is 0 Å². The number of halogens is 3. The van der Waals surface area contributed by atoms with E-state index >= 15 is 0 Å². The lowest BCUT2D eigenvalue weighted by atomic mass is 10.1. The van der Waals surface area contributed by atoms with E-state index in [1.54, 1.807) is 0 Å². The van der Waals surface area contributed by atoms with E-state index in [2.05, 4.69) is 57.0 Å². The van der Waals surface area contributed by atoms with Crippen molar-refractivity contribution in [2.75, 3.05) is 0 Å². The molecule has 0 aromatic rings. The molecule has 4 atom stereocenters. The van der Waals surface area contributed by atoms with Crippen LogP contribution in [0, 0.1) is 0 Å². The van der Waals surface area contributed by atoms with E-state index in [9.17, 15) is 0 Å². The highest BCUT2D eigenvalue weighted by Crippen LogP contribution is 2.26. The van der Waals surface area contributed by atoms with Crippen molar-refractivity contribution in [2.45, 2.75) is 55.0 Å². The molecular weight excluding hydrogens is 367 g/mol. The molecule has 0 aromatic heterocycles. The Bertz CT molecular complexity index is 268. The molecule has 4 heteroatoms. The minimum Gasteiger partial charge on any atom is -0.372 e. The average molecular weight is 387 g/mol. The number of hydrogen-bond acceptors (Lipinski definition) is 1. The van der Waals surface area contributed by atoms with Gasteiger partial charge in [0.05, 0.1) is 17.6 Å². The van der Waals surface area contributed by atoms with Gasteiger partial charge in [-0.05, 0) is 30.7 Å². The third-order valence-corrected chi connectivity index (χ3v) is 4.70. The van der Waals surface area contributed by atoms with E-state index in [4.69, 9.17) is 16.3 Å². The van der Waals surface area contributed by atoms with Gasteiger partial charge in [-0.1, -0.05) is 57.0 Å². The molecule has 1 rings (SSSR count). The molecule has 98 valence electrons. The van der Waals surface area contributed by atoms with E-state index in [1.807, 2.05) is 4.99 Å². The molecule has 0 N–H and O–H groups in total. The van der Waals surface area contributed by atoms with Gasteiger partial charge in [0, 0.05) is 4.83 Å². The largest absolute Gasteiger partial charge is 0.372 e. The van der Waals surface area contributed by atoms with E-state index in [1.165, 1.54) is 0 Å². The van der Waals surface area contributed by atoms with Crippen LogP contribution in [0.3, 0.4) is 0 Å². The second-order valence-corrected chi connectivity index (χ2v) is 6.46. The molecule has 0 bridgehead atoms. The average Bonchev–Trinajstić information content (AvgIpc) is 2.39. The second kappa shape index (κ2) is 8.73. The monoisotopic (exact) mass is 384 g/mol. The molecule has 0 aromatic carbocycles. The zero-order chi connectivity index (χ0) is 12.7. The Morgan fingerprint density at radius 1 is 1.35 bits per heavy atom. The minimum atomic E-state index is 0.0433. The summed E-state index contributed by atoms with van der Waals surface area (Å²) in [5.41, 5.74) is 0. The summed E-state index contributed by atoms with van der Waals surface area (Å²) in [7, 11) is 0. The van der Waals surface area contributed by atoms with Gasteiger partial charge < -0.3 is 4.74 Å². The lowest BCUT2D eigenvalue weighted by molar-refractivity contribution is -0.0123. The lowest BCUT2D eigenvalue weighted by Crippen LogP contribution is -2.33. The van der Waals surface area contributed by atoms with Crippen LogP contribution < -0.4 is 0 Å². The van der Waals surface area contributed by atoms with Gasteiger partial charge in [-0.2, -0.15) is 0 Å². The molecule has 0 aliphatic carbocycles. The quantitative estimate of drug-likeness (QED) is 0.480. The fourth-order valence-electron chi connectivity index (χ4n) is 1.89. The highest BCUT2D eigenvalue weighted by atomic mass is 79.9. The molecule has 1 heterocycles. The molecule has 1 nitrogen and oxygen atoms in total. The first-order chi connectivity index (χ1) is 8.19. The summed E-state index contributed by atoms with van der Waals surface area (Å²) in [6.07, 6.45) is 10.5. The van der Waals surface area contributed by atoms with Crippen LogP contribution in [0.5, 0.6) is 0 Å². The SMILES string of the molecule is CC[C@H]1O[C@@H](C/C=C\Br)[C@@H](Cl)C/C=C\C[C@H]1Br. The first-order valence-electron chi connectivity index (χ1n) is 6.02. The minimum absolute atomic E-state index is 0.0433. The maximum absolute atomic E-state index is 6.40. The third kappa shape index (κ3) is 5.46. The van der Waals surface area contributed by atoms with Gasteiger partial charge in [0.15, 0.2) is 0 Å². The fourth-order valence-corrected chi connectivity index (χ4v) is 3.09. The number of allylic oxidation sites excluding steroid dienone is 2. The summed E-state index contributed by atoms with van der Waals surface area (Å²) in [4.78, 5) is 2.25. The molecule has 0 unspecified atom stereocenters. The van der Waals surface area contributed by atoms with E-state index in [0.717, 1.165) is 25.7 Å². The highest BCUT2D eigenvalue weighted by molar-refractivity contribution is 9.11. The summed E-state index contributed by atoms with van der Waals surface area (Å²) in [5.74, 6) is 0. The zero-order valence-electron chi connectivity index (χ0n) is 9.99. The van der Waals surface area contributed by atoms with Gasteiger partial charge in [-0.25, -0.2) is 0 Å². The van der Waals surface area contributed by atoms with Crippen molar-refractivity contribution in [1.29, 1.82) is 0 Å². The Morgan fingerprint density at radius 2 is 2.06 bits per heavy atom. The first kappa shape index (κ1) is 15.7. The summed E-state index contributed by atoms with van der Waals surface area (Å²) < 4.78 is 6.16. The van der Waals surface area contributed by atoms with Crippen LogP contribution in [-0.4, -0.2) is 22.4 Å². The second-order valence-electron chi connectivity index (χ2n) is 4.19. The molecule has 0 saturated heterocycles. The van der Waals surface area contributed by atoms with Gasteiger partial charge in [-0.3, -0.25) is 0 Å². The Hall–Kier alpha value is 0.690. The van der Waals surface area contributed by atoms with E-state index in [0.29, 0.717) is 4.83 Å². The fraction of sp³-hybridized carbons (Fsp3) is 0.692. The lowest BCUT2D eigenvalue weighted by Gasteiger charge is -2.28. The highest BCUT2D eigenvalue weighted by Gasteiger charge is 2.26. The van der Waals surface area contributed by atoms with E-state index in [-0.39, 0.29) is 17.6 Å². The number of alkyl halides is 2. The van der Waals surface area contributed by atoms with E-state index < -0.39 is 0 Å². The molecule has 1 aliphatic heterocycles. The zero-order valence-corrected chi connectivity index (χ0v) is 13.9. The number of hydrogen-bond donors (Lipinski definition) is 0. The number of rotatable bonds is 3. The molecule has 0 spiro atoms. The Labute approximate surface area is 126 Å². The van der Waals surface area contributed by atoms with Crippen LogP contribution in [0.1, 0.15) is 32.6 Å². The van der Waals surface area contributed by atoms with Crippen molar-refractivity contribution in [3.8, 4) is 0 Å². The Balaban J connectivity index is 2.73. The van der Waals surface area contributed by atoms with Crippen molar-refractivity contribution in [1.82, 2.24) is 0 Å². The molecule has 0 fully saturated rings. The van der Waals surface area contributed by atoms with Gasteiger partial charge in [0.25, 0.3) is 0 Å². The number of ether oxygens (including phenoxy) is 1. The van der Waals surface area contributed by atoms with Crippen LogP contribution >= 0.6 is 43.5 Å². The Kier molecular flexibility index (Phi) is 8.09. The molecule has 0 amide bonds. The predicted molar refractivity (Wildman–Crippen MR) is 82.4 cm³/mol. The normalized spacial score (nSPS) is 37.4. The van der Waals surface area contributed by atoms with Gasteiger partial charge in [0.1, 0.15) is 0 Å². The van der Waals surface area contributed by atoms with Gasteiger partial charge in [-0.15, -0.1) is 11.6 Å². The topological polar surface area (TPSA) is 9.23 Å². The summed E-state index contributed by atoms with van der Waals surface area (Å²) in [5, 5.41) is 0.0433.